The minimum absolute atomic E-state index is 0.0646. The fourth-order valence-electron chi connectivity index (χ4n) is 3.43. The van der Waals surface area contributed by atoms with E-state index in [0.717, 1.165) is 30.1 Å². The first-order chi connectivity index (χ1) is 15.1. The van der Waals surface area contributed by atoms with Gasteiger partial charge in [-0.05, 0) is 55.1 Å². The molecule has 2 aromatic carbocycles. The van der Waals surface area contributed by atoms with Gasteiger partial charge in [-0.1, -0.05) is 26.0 Å². The molecule has 1 atom stereocenters. The van der Waals surface area contributed by atoms with Crippen molar-refractivity contribution in [3.05, 3.63) is 76.2 Å². The number of nitrogens with one attached hydrogen (secondary N) is 1. The van der Waals surface area contributed by atoms with Crippen molar-refractivity contribution >= 4 is 17.2 Å². The van der Waals surface area contributed by atoms with E-state index in [1.54, 1.807) is 24.8 Å². The molecule has 0 spiro atoms. The molecule has 0 aliphatic carbocycles. The monoisotopic (exact) mass is 439 g/mol. The van der Waals surface area contributed by atoms with Crippen LogP contribution in [0.1, 0.15) is 41.5 Å². The average Bonchev–Trinajstić information content (AvgIpc) is 3.34. The second-order valence-electron chi connectivity index (χ2n) is 7.02. The largest absolute Gasteiger partial charge is 0.497 e. The summed E-state index contributed by atoms with van der Waals surface area (Å²) < 4.78 is 11.1. The first-order valence-electron chi connectivity index (χ1n) is 10.4. The topological polar surface area (TPSA) is 63.7 Å². The lowest BCUT2D eigenvalue weighted by molar-refractivity contribution is 0.0935. The van der Waals surface area contributed by atoms with Gasteiger partial charge in [-0.3, -0.25) is 9.69 Å². The van der Waals surface area contributed by atoms with Crippen molar-refractivity contribution in [2.45, 2.75) is 26.5 Å². The molecule has 3 rings (SSSR count). The number of carbonyl (C=O) groups excluding carboxylic acids is 1. The van der Waals surface area contributed by atoms with Crippen LogP contribution in [0.5, 0.6) is 11.5 Å². The summed E-state index contributed by atoms with van der Waals surface area (Å²) in [6, 6.07) is 15.3. The van der Waals surface area contributed by atoms with Crippen LogP contribution in [0, 0.1) is 0 Å². The average molecular weight is 440 g/mol. The van der Waals surface area contributed by atoms with Gasteiger partial charge in [-0.25, -0.2) is 4.98 Å². The van der Waals surface area contributed by atoms with Gasteiger partial charge in [-0.2, -0.15) is 0 Å². The minimum atomic E-state index is -0.105. The Labute approximate surface area is 187 Å². The van der Waals surface area contributed by atoms with E-state index < -0.39 is 0 Å². The van der Waals surface area contributed by atoms with Gasteiger partial charge < -0.3 is 14.8 Å². The number of hydrogen-bond acceptors (Lipinski definition) is 6. The van der Waals surface area contributed by atoms with Gasteiger partial charge in [0.25, 0.3) is 5.91 Å². The highest BCUT2D eigenvalue weighted by molar-refractivity contribution is 7.07. The van der Waals surface area contributed by atoms with Crippen molar-refractivity contribution in [3.8, 4) is 11.5 Å². The number of hydrogen-bond donors (Lipinski definition) is 1. The van der Waals surface area contributed by atoms with Crippen LogP contribution in [0.2, 0.25) is 0 Å². The lowest BCUT2D eigenvalue weighted by Crippen LogP contribution is -2.38. The summed E-state index contributed by atoms with van der Waals surface area (Å²) >= 11 is 1.54. The maximum Gasteiger partial charge on any atom is 0.251 e. The molecule has 0 aliphatic heterocycles. The zero-order valence-corrected chi connectivity index (χ0v) is 19.0. The number of rotatable bonds is 11. The van der Waals surface area contributed by atoms with E-state index in [9.17, 15) is 4.79 Å². The quantitative estimate of drug-likeness (QED) is 0.475. The third-order valence-electron chi connectivity index (χ3n) is 5.17. The van der Waals surface area contributed by atoms with Gasteiger partial charge in [0.15, 0.2) is 0 Å². The highest BCUT2D eigenvalue weighted by atomic mass is 32.1. The van der Waals surface area contributed by atoms with Gasteiger partial charge in [0.1, 0.15) is 18.1 Å². The lowest BCUT2D eigenvalue weighted by Gasteiger charge is -2.30. The standard InChI is InChI=1S/C24H29N3O3S/c1-4-27(5-2)23(19-7-6-8-22(13-19)29-3)14-25-24(28)18-9-11-21(12-10-18)30-15-20-16-31-17-26-20/h6-13,16-17,23H,4-5,14-15H2,1-3H3,(H,25,28). The molecule has 0 radical (unpaired) electrons. The van der Waals surface area contributed by atoms with Crippen LogP contribution in [0.25, 0.3) is 0 Å². The number of ether oxygens (including phenoxy) is 2. The molecule has 1 unspecified atom stereocenters. The minimum Gasteiger partial charge on any atom is -0.497 e. The summed E-state index contributed by atoms with van der Waals surface area (Å²) in [6.07, 6.45) is 0. The summed E-state index contributed by atoms with van der Waals surface area (Å²) in [5.41, 5.74) is 4.40. The highest BCUT2D eigenvalue weighted by Crippen LogP contribution is 2.24. The van der Waals surface area contributed by atoms with Crippen LogP contribution >= 0.6 is 11.3 Å². The number of methoxy groups -OCH3 is 1. The van der Waals surface area contributed by atoms with Gasteiger partial charge >= 0.3 is 0 Å². The molecule has 1 amide bonds. The Kier molecular flexibility index (Phi) is 8.44. The van der Waals surface area contributed by atoms with Gasteiger partial charge in [0, 0.05) is 17.5 Å². The Morgan fingerprint density at radius 2 is 1.90 bits per heavy atom. The van der Waals surface area contributed by atoms with E-state index >= 15 is 0 Å². The maximum atomic E-state index is 12.8. The molecule has 0 fully saturated rings. The molecule has 3 aromatic rings. The Balaban J connectivity index is 1.63. The smallest absolute Gasteiger partial charge is 0.251 e. The number of nitrogens with zero attached hydrogens (tertiary/aromatic N) is 2. The summed E-state index contributed by atoms with van der Waals surface area (Å²) in [7, 11) is 1.66. The molecular weight excluding hydrogens is 410 g/mol. The number of thiazole rings is 1. The second kappa shape index (κ2) is 11.5. The van der Waals surface area contributed by atoms with Crippen molar-refractivity contribution in [1.82, 2.24) is 15.2 Å². The second-order valence-corrected chi connectivity index (χ2v) is 7.74. The zero-order chi connectivity index (χ0) is 22.1. The van der Waals surface area contributed by atoms with E-state index in [-0.39, 0.29) is 11.9 Å². The maximum absolute atomic E-state index is 12.8. The third kappa shape index (κ3) is 6.29. The number of benzene rings is 2. The van der Waals surface area contributed by atoms with Gasteiger partial charge in [-0.15, -0.1) is 11.3 Å². The predicted molar refractivity (Wildman–Crippen MR) is 124 cm³/mol. The number of aromatic nitrogens is 1. The number of amides is 1. The fourth-order valence-corrected chi connectivity index (χ4v) is 3.97. The van der Waals surface area contributed by atoms with Crippen LogP contribution in [-0.2, 0) is 6.61 Å². The van der Waals surface area contributed by atoms with E-state index in [1.165, 1.54) is 11.3 Å². The summed E-state index contributed by atoms with van der Waals surface area (Å²) in [6.45, 7) is 6.96. The molecule has 0 bridgehead atoms. The first kappa shape index (κ1) is 22.8. The van der Waals surface area contributed by atoms with Crippen molar-refractivity contribution in [1.29, 1.82) is 0 Å². The molecule has 7 heteroatoms. The van der Waals surface area contributed by atoms with E-state index in [2.05, 4.69) is 35.1 Å². The predicted octanol–water partition coefficient (Wildman–Crippen LogP) is 4.54. The van der Waals surface area contributed by atoms with Crippen LogP contribution in [-0.4, -0.2) is 42.5 Å². The summed E-state index contributed by atoms with van der Waals surface area (Å²) in [4.78, 5) is 19.3. The van der Waals surface area contributed by atoms with Crippen molar-refractivity contribution in [2.24, 2.45) is 0 Å². The molecule has 0 aliphatic rings. The van der Waals surface area contributed by atoms with Crippen molar-refractivity contribution in [2.75, 3.05) is 26.7 Å². The highest BCUT2D eigenvalue weighted by Gasteiger charge is 2.20. The zero-order valence-electron chi connectivity index (χ0n) is 18.2. The Morgan fingerprint density at radius 3 is 2.55 bits per heavy atom. The Bertz CT molecular complexity index is 941. The number of carbonyl (C=O) groups is 1. The fraction of sp³-hybridized carbons (Fsp3) is 0.333. The molecule has 31 heavy (non-hydrogen) atoms. The molecule has 1 aromatic heterocycles. The van der Waals surface area contributed by atoms with Crippen molar-refractivity contribution in [3.63, 3.8) is 0 Å². The lowest BCUT2D eigenvalue weighted by atomic mass is 10.0. The van der Waals surface area contributed by atoms with Gasteiger partial charge in [0.2, 0.25) is 0 Å². The molecule has 1 N–H and O–H groups in total. The molecule has 6 nitrogen and oxygen atoms in total. The van der Waals surface area contributed by atoms with Crippen LogP contribution in [0.3, 0.4) is 0 Å². The van der Waals surface area contributed by atoms with Crippen molar-refractivity contribution < 1.29 is 14.3 Å². The van der Waals surface area contributed by atoms with E-state index in [4.69, 9.17) is 9.47 Å². The molecule has 1 heterocycles. The summed E-state index contributed by atoms with van der Waals surface area (Å²) in [5.74, 6) is 1.42. The molecule has 0 saturated carbocycles. The molecule has 164 valence electrons. The van der Waals surface area contributed by atoms with Crippen LogP contribution in [0.4, 0.5) is 0 Å². The number of likely N-dealkylation sites (N-methyl/N-ethyl adjacent to an activating group) is 1. The Hall–Kier alpha value is -2.90. The third-order valence-corrected chi connectivity index (χ3v) is 5.81. The Morgan fingerprint density at radius 1 is 1.13 bits per heavy atom. The van der Waals surface area contributed by atoms with Gasteiger partial charge in [0.05, 0.1) is 24.4 Å². The molecule has 0 saturated heterocycles. The molecular formula is C24H29N3O3S. The first-order valence-corrected chi connectivity index (χ1v) is 11.3. The van der Waals surface area contributed by atoms with E-state index in [1.807, 2.05) is 35.7 Å². The normalized spacial score (nSPS) is 11.9. The van der Waals surface area contributed by atoms with E-state index in [0.29, 0.717) is 24.5 Å². The SMILES string of the molecule is CCN(CC)C(CNC(=O)c1ccc(OCc2cscn2)cc1)c1cccc(OC)c1. The van der Waals surface area contributed by atoms with Crippen LogP contribution < -0.4 is 14.8 Å². The summed E-state index contributed by atoms with van der Waals surface area (Å²) in [5, 5.41) is 5.04. The van der Waals surface area contributed by atoms with Crippen LogP contribution in [0.15, 0.2) is 59.4 Å².